The van der Waals surface area contributed by atoms with Crippen LogP contribution in [0.1, 0.15) is 24.3 Å². The summed E-state index contributed by atoms with van der Waals surface area (Å²) in [6, 6.07) is 4.34. The number of hydrogen-bond donors (Lipinski definition) is 1. The van der Waals surface area contributed by atoms with Crippen LogP contribution in [0.3, 0.4) is 0 Å². The minimum atomic E-state index is -0.558. The van der Waals surface area contributed by atoms with E-state index in [1.54, 1.807) is 6.07 Å². The van der Waals surface area contributed by atoms with Gasteiger partial charge in [-0.1, -0.05) is 0 Å². The predicted octanol–water partition coefficient (Wildman–Crippen LogP) is 2.30. The highest BCUT2D eigenvalue weighted by Crippen LogP contribution is 2.33. The van der Waals surface area contributed by atoms with Gasteiger partial charge in [0, 0.05) is 25.6 Å². The first-order chi connectivity index (χ1) is 12.5. The SMILES string of the molecule is CCOc1c(C(C)=O)nc(-c2ccc(N)c(F)c2)nc1N1CCOCC1. The summed E-state index contributed by atoms with van der Waals surface area (Å²) in [5.41, 5.74) is 6.20. The monoisotopic (exact) mass is 360 g/mol. The Morgan fingerprint density at radius 3 is 2.69 bits per heavy atom. The normalized spacial score (nSPS) is 14.3. The maximum Gasteiger partial charge on any atom is 0.191 e. The molecule has 0 amide bonds. The Hall–Kier alpha value is -2.74. The third-order valence-electron chi connectivity index (χ3n) is 4.04. The summed E-state index contributed by atoms with van der Waals surface area (Å²) in [6.07, 6.45) is 0. The van der Waals surface area contributed by atoms with Crippen LogP contribution in [0.5, 0.6) is 5.75 Å². The first-order valence-electron chi connectivity index (χ1n) is 8.45. The summed E-state index contributed by atoms with van der Waals surface area (Å²) in [5.74, 6) is 0.308. The molecule has 0 radical (unpaired) electrons. The van der Waals surface area contributed by atoms with Crippen molar-refractivity contribution in [2.24, 2.45) is 0 Å². The molecule has 0 aliphatic carbocycles. The lowest BCUT2D eigenvalue weighted by molar-refractivity contribution is 0.100. The zero-order chi connectivity index (χ0) is 18.7. The highest BCUT2D eigenvalue weighted by molar-refractivity contribution is 5.97. The van der Waals surface area contributed by atoms with E-state index >= 15 is 0 Å². The van der Waals surface area contributed by atoms with Crippen molar-refractivity contribution in [3.05, 3.63) is 29.7 Å². The number of morpholine rings is 1. The molecule has 138 valence electrons. The van der Waals surface area contributed by atoms with Crippen LogP contribution >= 0.6 is 0 Å². The average molecular weight is 360 g/mol. The van der Waals surface area contributed by atoms with Crippen molar-refractivity contribution in [2.75, 3.05) is 43.5 Å². The summed E-state index contributed by atoms with van der Waals surface area (Å²) in [7, 11) is 0. The number of anilines is 2. The van der Waals surface area contributed by atoms with E-state index in [9.17, 15) is 9.18 Å². The van der Waals surface area contributed by atoms with Crippen LogP contribution in [-0.4, -0.2) is 48.7 Å². The molecule has 0 unspecified atom stereocenters. The Balaban J connectivity index is 2.17. The van der Waals surface area contributed by atoms with Gasteiger partial charge in [0.1, 0.15) is 5.82 Å². The van der Waals surface area contributed by atoms with Crippen LogP contribution < -0.4 is 15.4 Å². The second-order valence-electron chi connectivity index (χ2n) is 5.87. The Labute approximate surface area is 150 Å². The third kappa shape index (κ3) is 3.60. The number of Topliss-reactive ketones (excluding diaryl/α,β-unsaturated/α-hetero) is 1. The molecule has 0 saturated carbocycles. The lowest BCUT2D eigenvalue weighted by atomic mass is 10.1. The quantitative estimate of drug-likeness (QED) is 0.646. The number of nitrogens with two attached hydrogens (primary N) is 1. The number of benzene rings is 1. The molecule has 1 saturated heterocycles. The fourth-order valence-electron chi connectivity index (χ4n) is 2.74. The number of hydrogen-bond acceptors (Lipinski definition) is 7. The van der Waals surface area contributed by atoms with Gasteiger partial charge in [0.25, 0.3) is 0 Å². The molecule has 8 heteroatoms. The molecule has 2 N–H and O–H groups in total. The van der Waals surface area contributed by atoms with Gasteiger partial charge in [0.05, 0.1) is 25.5 Å². The largest absolute Gasteiger partial charge is 0.488 e. The molecule has 3 rings (SSSR count). The highest BCUT2D eigenvalue weighted by Gasteiger charge is 2.25. The van der Waals surface area contributed by atoms with Crippen LogP contribution in [0.15, 0.2) is 18.2 Å². The fraction of sp³-hybridized carbons (Fsp3) is 0.389. The number of ether oxygens (including phenoxy) is 2. The topological polar surface area (TPSA) is 90.6 Å². The molecule has 26 heavy (non-hydrogen) atoms. The van der Waals surface area contributed by atoms with E-state index in [0.29, 0.717) is 50.0 Å². The number of carbonyl (C=O) groups is 1. The lowest BCUT2D eigenvalue weighted by Gasteiger charge is -2.29. The van der Waals surface area contributed by atoms with Crippen molar-refractivity contribution in [2.45, 2.75) is 13.8 Å². The number of nitrogen functional groups attached to an aromatic ring is 1. The summed E-state index contributed by atoms with van der Waals surface area (Å²) in [4.78, 5) is 23.1. The van der Waals surface area contributed by atoms with Crippen LogP contribution in [0, 0.1) is 5.82 Å². The number of carbonyl (C=O) groups excluding carboxylic acids is 1. The van der Waals surface area contributed by atoms with Gasteiger partial charge >= 0.3 is 0 Å². The Morgan fingerprint density at radius 2 is 2.08 bits per heavy atom. The standard InChI is InChI=1S/C18H21FN4O3/c1-3-26-16-15(11(2)24)21-17(12-4-5-14(20)13(19)10-12)22-18(16)23-6-8-25-9-7-23/h4-5,10H,3,6-9,20H2,1-2H3. The van der Waals surface area contributed by atoms with Crippen LogP contribution in [0.25, 0.3) is 11.4 Å². The molecule has 0 atom stereocenters. The molecule has 0 spiro atoms. The van der Waals surface area contributed by atoms with Crippen molar-refractivity contribution < 1.29 is 18.7 Å². The maximum atomic E-state index is 13.9. The first-order valence-corrected chi connectivity index (χ1v) is 8.45. The number of halogens is 1. The molecule has 2 heterocycles. The Morgan fingerprint density at radius 1 is 1.35 bits per heavy atom. The Bertz CT molecular complexity index is 822. The average Bonchev–Trinajstić information content (AvgIpc) is 2.65. The minimum Gasteiger partial charge on any atom is -0.488 e. The molecule has 1 aliphatic rings. The molecule has 7 nitrogen and oxygen atoms in total. The fourth-order valence-corrected chi connectivity index (χ4v) is 2.74. The zero-order valence-electron chi connectivity index (χ0n) is 14.8. The molecular formula is C18H21FN4O3. The number of ketones is 1. The summed E-state index contributed by atoms with van der Waals surface area (Å²) >= 11 is 0. The minimum absolute atomic E-state index is 0.0416. The second-order valence-corrected chi connectivity index (χ2v) is 5.87. The van der Waals surface area contributed by atoms with Crippen molar-refractivity contribution >= 4 is 17.3 Å². The first kappa shape index (κ1) is 18.1. The molecule has 1 aromatic carbocycles. The molecule has 1 fully saturated rings. The molecule has 1 aromatic heterocycles. The summed E-state index contributed by atoms with van der Waals surface area (Å²) < 4.78 is 25.0. The van der Waals surface area contributed by atoms with E-state index in [2.05, 4.69) is 9.97 Å². The van der Waals surface area contributed by atoms with Gasteiger partial charge in [-0.25, -0.2) is 14.4 Å². The van der Waals surface area contributed by atoms with Crippen molar-refractivity contribution in [1.29, 1.82) is 0 Å². The predicted molar refractivity (Wildman–Crippen MR) is 96.0 cm³/mol. The molecule has 0 bridgehead atoms. The van der Waals surface area contributed by atoms with Crippen molar-refractivity contribution in [1.82, 2.24) is 9.97 Å². The van der Waals surface area contributed by atoms with Gasteiger partial charge in [0.15, 0.2) is 28.9 Å². The number of rotatable bonds is 5. The van der Waals surface area contributed by atoms with Crippen LogP contribution in [-0.2, 0) is 4.74 Å². The van der Waals surface area contributed by atoms with Crippen molar-refractivity contribution in [3.8, 4) is 17.1 Å². The molecule has 2 aromatic rings. The molecular weight excluding hydrogens is 339 g/mol. The van der Waals surface area contributed by atoms with E-state index in [0.717, 1.165) is 0 Å². The second kappa shape index (κ2) is 7.65. The molecule has 1 aliphatic heterocycles. The summed E-state index contributed by atoms with van der Waals surface area (Å²) in [6.45, 7) is 5.95. The zero-order valence-corrected chi connectivity index (χ0v) is 14.8. The van der Waals surface area contributed by atoms with Gasteiger partial charge in [0.2, 0.25) is 0 Å². The van der Waals surface area contributed by atoms with E-state index in [4.69, 9.17) is 15.2 Å². The van der Waals surface area contributed by atoms with Gasteiger partial charge in [-0.2, -0.15) is 0 Å². The summed E-state index contributed by atoms with van der Waals surface area (Å²) in [5, 5.41) is 0. The number of nitrogens with zero attached hydrogens (tertiary/aromatic N) is 3. The van der Waals surface area contributed by atoms with Crippen molar-refractivity contribution in [3.63, 3.8) is 0 Å². The van der Waals surface area contributed by atoms with Gasteiger partial charge in [-0.15, -0.1) is 0 Å². The van der Waals surface area contributed by atoms with Crippen LogP contribution in [0.4, 0.5) is 15.9 Å². The smallest absolute Gasteiger partial charge is 0.191 e. The van der Waals surface area contributed by atoms with E-state index in [1.807, 2.05) is 11.8 Å². The third-order valence-corrected chi connectivity index (χ3v) is 4.04. The number of aromatic nitrogens is 2. The van der Waals surface area contributed by atoms with E-state index < -0.39 is 5.82 Å². The highest BCUT2D eigenvalue weighted by atomic mass is 19.1. The Kier molecular flexibility index (Phi) is 5.32. The lowest BCUT2D eigenvalue weighted by Crippen LogP contribution is -2.37. The van der Waals surface area contributed by atoms with Gasteiger partial charge in [-0.05, 0) is 25.1 Å². The van der Waals surface area contributed by atoms with E-state index in [1.165, 1.54) is 19.1 Å². The van der Waals surface area contributed by atoms with Crippen LogP contribution in [0.2, 0.25) is 0 Å². The van der Waals surface area contributed by atoms with E-state index in [-0.39, 0.29) is 23.0 Å². The maximum absolute atomic E-state index is 13.9. The van der Waals surface area contributed by atoms with Gasteiger partial charge in [-0.3, -0.25) is 4.79 Å². The van der Waals surface area contributed by atoms with Gasteiger partial charge < -0.3 is 20.1 Å².